The van der Waals surface area contributed by atoms with Crippen molar-refractivity contribution in [3.05, 3.63) is 6.92 Å². The van der Waals surface area contributed by atoms with Crippen molar-refractivity contribution < 1.29 is 51.5 Å². The smallest absolute Gasteiger partial charge is 0 e. The third kappa shape index (κ3) is 13.2. The molecule has 18 heavy (non-hydrogen) atoms. The number of hydrogen-bond donors (Lipinski definition) is 0. The van der Waals surface area contributed by atoms with Gasteiger partial charge >= 0.3 is 87.5 Å². The number of rotatable bonds is 1. The number of hydrogen-bond acceptors (Lipinski definition) is 1. The van der Waals surface area contributed by atoms with Gasteiger partial charge in [-0.2, -0.15) is 5.41 Å². The third-order valence-electron chi connectivity index (χ3n) is 2.28. The Kier molecular flexibility index (Phi) is 12.5. The van der Waals surface area contributed by atoms with Crippen molar-refractivity contribution in [2.45, 2.75) is 66.0 Å². The minimum atomic E-state index is -0.189. The number of nitrogens with zero attached hydrogens (tertiary/aromatic N) is 1. The van der Waals surface area contributed by atoms with Crippen molar-refractivity contribution in [3.63, 3.8) is 0 Å². The van der Waals surface area contributed by atoms with Crippen LogP contribution in [0.5, 0.6) is 0 Å². The van der Waals surface area contributed by atoms with Gasteiger partial charge in [-0.05, 0) is 0 Å². The fraction of sp³-hybridized carbons (Fsp3) is 0.929. The van der Waals surface area contributed by atoms with Gasteiger partial charge in [-0.15, -0.1) is 0 Å². The van der Waals surface area contributed by atoms with Crippen LogP contribution in [0.3, 0.4) is 0 Å². The second kappa shape index (κ2) is 10.0. The quantitative estimate of drug-likeness (QED) is 0.360. The summed E-state index contributed by atoms with van der Waals surface area (Å²) in [4.78, 5) is 0. The summed E-state index contributed by atoms with van der Waals surface area (Å²) >= 11 is 1.84. The predicted molar refractivity (Wildman–Crippen MR) is 78.3 cm³/mol. The summed E-state index contributed by atoms with van der Waals surface area (Å²) in [5.41, 5.74) is 0.0609. The topological polar surface area (TPSA) is 3.24 Å². The van der Waals surface area contributed by atoms with Crippen LogP contribution in [0.25, 0.3) is 0 Å². The molecule has 1 nitrogen and oxygen atoms in total. The Morgan fingerprint density at radius 3 is 1.56 bits per heavy atom. The van der Waals surface area contributed by atoms with Gasteiger partial charge in [0.05, 0.1) is 0 Å². The van der Waals surface area contributed by atoms with E-state index >= 15 is 0 Å². The van der Waals surface area contributed by atoms with Gasteiger partial charge < -0.3 is 6.92 Å². The molecule has 0 amide bonds. The largest absolute Gasteiger partial charge is 0.338 e. The maximum absolute atomic E-state index is 3.77. The number of piperidine rings is 1. The summed E-state index contributed by atoms with van der Waals surface area (Å²) in [7, 11) is 0. The van der Waals surface area contributed by atoms with E-state index in [1.807, 2.05) is 18.8 Å². The first kappa shape index (κ1) is 22.5. The zero-order valence-corrected chi connectivity index (χ0v) is 19.9. The Labute approximate surface area is 152 Å². The van der Waals surface area contributed by atoms with Gasteiger partial charge in [-0.3, -0.25) is 0 Å². The van der Waals surface area contributed by atoms with E-state index in [2.05, 4.69) is 53.1 Å². The van der Waals surface area contributed by atoms with E-state index in [0.29, 0.717) is 5.16 Å². The van der Waals surface area contributed by atoms with Crippen LogP contribution in [0.15, 0.2) is 0 Å². The van der Waals surface area contributed by atoms with Crippen LogP contribution < -0.4 is 0 Å². The van der Waals surface area contributed by atoms with E-state index in [0.717, 1.165) is 0 Å². The van der Waals surface area contributed by atoms with Gasteiger partial charge in [-0.25, -0.2) is 0 Å². The molecule has 107 valence electrons. The molecule has 0 spiro atoms. The zero-order valence-electron chi connectivity index (χ0n) is 13.2. The molecule has 0 bridgehead atoms. The SMILES string of the molecule is CC(C)(C)[PH](=[W])N1CCCCC1.[CH2-]C(C)(C)C.[Y]. The summed E-state index contributed by atoms with van der Waals surface area (Å²) in [5, 5.41) is 0.581. The average Bonchev–Trinajstić information content (AvgIpc) is 2.14. The van der Waals surface area contributed by atoms with Crippen molar-refractivity contribution >= 4 is 5.71 Å². The van der Waals surface area contributed by atoms with Crippen molar-refractivity contribution in [2.75, 3.05) is 13.1 Å². The Morgan fingerprint density at radius 1 is 0.944 bits per heavy atom. The monoisotopic (exact) mass is 517 g/mol. The van der Waals surface area contributed by atoms with E-state index in [1.54, 1.807) is 0 Å². The van der Waals surface area contributed by atoms with Crippen LogP contribution in [0.4, 0.5) is 0 Å². The molecule has 4 heteroatoms. The normalized spacial score (nSPS) is 19.3. The van der Waals surface area contributed by atoms with Gasteiger partial charge in [0.15, 0.2) is 0 Å². The van der Waals surface area contributed by atoms with Crippen LogP contribution in [0, 0.1) is 12.3 Å². The van der Waals surface area contributed by atoms with Crippen molar-refractivity contribution in [1.82, 2.24) is 4.67 Å². The molecule has 1 atom stereocenters. The fourth-order valence-corrected chi connectivity index (χ4v) is 5.21. The van der Waals surface area contributed by atoms with Gasteiger partial charge in [0, 0.05) is 32.7 Å². The van der Waals surface area contributed by atoms with Crippen LogP contribution in [-0.2, 0) is 51.5 Å². The molecular formula is C14H31NPWY-. The standard InChI is InChI=1S/C9H20NP.C5H11.W.Y/c1-9(2,3)11-10-7-5-4-6-8-10;1-5(2,3)4;;/h11H,4-8H2,1-3H3;1H2,2-4H3;;/q;-1;;. The van der Waals surface area contributed by atoms with Crippen molar-refractivity contribution in [2.24, 2.45) is 5.41 Å². The molecule has 1 saturated heterocycles. The summed E-state index contributed by atoms with van der Waals surface area (Å²) in [6.45, 7) is 20.0. The van der Waals surface area contributed by atoms with Crippen LogP contribution in [-0.4, -0.2) is 22.9 Å². The molecule has 1 aliphatic heterocycles. The summed E-state index contributed by atoms with van der Waals surface area (Å²) < 4.78 is 2.78. The Hall–Kier alpha value is 2.18. The molecule has 1 radical (unpaired) electrons. The molecule has 1 rings (SSSR count). The average molecular weight is 517 g/mol. The molecular weight excluding hydrogens is 486 g/mol. The van der Waals surface area contributed by atoms with E-state index in [1.165, 1.54) is 32.4 Å². The molecule has 0 N–H and O–H groups in total. The molecule has 1 unspecified atom stereocenters. The molecule has 0 saturated carbocycles. The second-order valence-electron chi connectivity index (χ2n) is 7.16. The summed E-state index contributed by atoms with van der Waals surface area (Å²) in [5.74, 6) is 0. The molecule has 1 aliphatic rings. The first-order valence-corrected chi connectivity index (χ1v) is 12.4. The first-order chi connectivity index (χ1) is 7.52. The summed E-state index contributed by atoms with van der Waals surface area (Å²) in [6.07, 6.45) is 4.35. The Morgan fingerprint density at radius 2 is 1.28 bits per heavy atom. The Balaban J connectivity index is 0. The van der Waals surface area contributed by atoms with Gasteiger partial charge in [0.2, 0.25) is 0 Å². The van der Waals surface area contributed by atoms with Crippen LogP contribution >= 0.6 is 5.71 Å². The molecule has 1 fully saturated rings. The summed E-state index contributed by atoms with van der Waals surface area (Å²) in [6, 6.07) is 0. The van der Waals surface area contributed by atoms with E-state index in [9.17, 15) is 0 Å². The molecule has 0 aromatic carbocycles. The van der Waals surface area contributed by atoms with E-state index in [-0.39, 0.29) is 43.8 Å². The molecule has 0 aromatic rings. The van der Waals surface area contributed by atoms with Crippen LogP contribution in [0.2, 0.25) is 0 Å². The van der Waals surface area contributed by atoms with Gasteiger partial charge in [0.25, 0.3) is 0 Å². The van der Waals surface area contributed by atoms with Crippen LogP contribution in [0.1, 0.15) is 60.8 Å². The minimum absolute atomic E-state index is 0. The zero-order chi connectivity index (χ0) is 13.7. The maximum atomic E-state index is 3.77. The van der Waals surface area contributed by atoms with E-state index < -0.39 is 0 Å². The molecule has 1 heterocycles. The van der Waals surface area contributed by atoms with Crippen molar-refractivity contribution in [3.8, 4) is 0 Å². The van der Waals surface area contributed by atoms with Gasteiger partial charge in [-0.1, -0.05) is 20.8 Å². The second-order valence-corrected chi connectivity index (χ2v) is 14.1. The van der Waals surface area contributed by atoms with Gasteiger partial charge in [0.1, 0.15) is 0 Å². The maximum Gasteiger partial charge on any atom is 0 e. The van der Waals surface area contributed by atoms with E-state index in [4.69, 9.17) is 0 Å². The Bertz CT molecular complexity index is 231. The molecule has 0 aromatic heterocycles. The predicted octanol–water partition coefficient (Wildman–Crippen LogP) is 4.73. The van der Waals surface area contributed by atoms with Crippen molar-refractivity contribution in [1.29, 1.82) is 0 Å². The molecule has 0 aliphatic carbocycles. The third-order valence-corrected chi connectivity index (χ3v) is 14.0. The fourth-order valence-electron chi connectivity index (χ4n) is 1.57. The first-order valence-electron chi connectivity index (χ1n) is 6.66. The minimum Gasteiger partial charge on any atom is -0.338 e.